The third kappa shape index (κ3) is 5.11. The Morgan fingerprint density at radius 3 is 2.66 bits per heavy atom. The zero-order valence-corrected chi connectivity index (χ0v) is 20.5. The summed E-state index contributed by atoms with van der Waals surface area (Å²) in [5, 5.41) is 12.1. The van der Waals surface area contributed by atoms with Crippen molar-refractivity contribution in [2.24, 2.45) is 5.73 Å². The van der Waals surface area contributed by atoms with E-state index < -0.39 is 39.7 Å². The van der Waals surface area contributed by atoms with Gasteiger partial charge in [0.25, 0.3) is 5.91 Å². The molecule has 3 heterocycles. The molecule has 0 saturated carbocycles. The molecule has 1 unspecified atom stereocenters. The van der Waals surface area contributed by atoms with Crippen LogP contribution in [0.5, 0.6) is 0 Å². The van der Waals surface area contributed by atoms with Gasteiger partial charge in [0.2, 0.25) is 15.9 Å². The Bertz CT molecular complexity index is 1480. The van der Waals surface area contributed by atoms with Gasteiger partial charge in [-0.2, -0.15) is 4.31 Å². The van der Waals surface area contributed by atoms with E-state index in [9.17, 15) is 27.9 Å². The molecule has 35 heavy (non-hydrogen) atoms. The van der Waals surface area contributed by atoms with Gasteiger partial charge in [-0.1, -0.05) is 18.2 Å². The Labute approximate surface area is 208 Å². The summed E-state index contributed by atoms with van der Waals surface area (Å²) in [6, 6.07) is 7.95. The molecule has 13 heteroatoms. The molecule has 1 aliphatic heterocycles. The van der Waals surface area contributed by atoms with Crippen molar-refractivity contribution in [2.75, 3.05) is 11.9 Å². The lowest BCUT2D eigenvalue weighted by Crippen LogP contribution is -2.49. The maximum Gasteiger partial charge on any atom is 0.335 e. The second kappa shape index (κ2) is 9.60. The quantitative estimate of drug-likeness (QED) is 0.293. The lowest BCUT2D eigenvalue weighted by molar-refractivity contribution is -0.119. The smallest absolute Gasteiger partial charge is 0.335 e. The van der Waals surface area contributed by atoms with E-state index in [4.69, 9.17) is 5.73 Å². The zero-order chi connectivity index (χ0) is 25.3. The van der Waals surface area contributed by atoms with Gasteiger partial charge in [0.1, 0.15) is 22.3 Å². The van der Waals surface area contributed by atoms with E-state index in [1.165, 1.54) is 29.0 Å². The molecule has 1 aliphatic rings. The molecule has 182 valence electrons. The van der Waals surface area contributed by atoms with Crippen molar-refractivity contribution >= 4 is 60.5 Å². The van der Waals surface area contributed by atoms with Gasteiger partial charge in [-0.3, -0.25) is 9.59 Å². The summed E-state index contributed by atoms with van der Waals surface area (Å²) in [5.41, 5.74) is 5.68. The molecule has 0 bridgehead atoms. The highest BCUT2D eigenvalue weighted by atomic mass is 79.9. The van der Waals surface area contributed by atoms with E-state index in [-0.39, 0.29) is 35.3 Å². The number of rotatable bonds is 7. The molecule has 1 aromatic carbocycles. The average molecular weight is 562 g/mol. The molecular formula is C22H20BrN5O6S. The number of carboxylic acids is 1. The number of anilines is 1. The summed E-state index contributed by atoms with van der Waals surface area (Å²) >= 11 is 3.22. The standard InChI is InChI=1S/C22H20BrN5O6S/c23-18-5-3-6-19(25-18)26-21(30)17-4-1-2-9-28(17)35(33,34)12-27-11-15(20(24)29)14-10-13(22(31)32)7-8-16(14)27/h1-3,5-8,10-11,17H,4,9,12H2,(H2,24,29)(H,31,32)(H,25,26,30). The van der Waals surface area contributed by atoms with Gasteiger partial charge in [0, 0.05) is 23.6 Å². The van der Waals surface area contributed by atoms with Crippen molar-refractivity contribution in [3.05, 3.63) is 70.5 Å². The zero-order valence-electron chi connectivity index (χ0n) is 18.1. The van der Waals surface area contributed by atoms with Crippen molar-refractivity contribution in [1.82, 2.24) is 13.9 Å². The molecule has 4 rings (SSSR count). The highest BCUT2D eigenvalue weighted by Gasteiger charge is 2.36. The molecule has 0 saturated heterocycles. The van der Waals surface area contributed by atoms with Gasteiger partial charge in [-0.05, 0) is 52.7 Å². The van der Waals surface area contributed by atoms with E-state index in [0.29, 0.717) is 10.1 Å². The number of carbonyl (C=O) groups is 3. The predicted molar refractivity (Wildman–Crippen MR) is 131 cm³/mol. The SMILES string of the molecule is NC(=O)c1cn(CS(=O)(=O)N2CC=CCC2C(=O)Nc2cccc(Br)n2)c2ccc(C(=O)O)cc12. The topological polar surface area (TPSA) is 165 Å². The number of primary amides is 1. The fraction of sp³-hybridized carbons (Fsp3) is 0.182. The number of halogens is 1. The third-order valence-corrected chi connectivity index (χ3v) is 7.65. The maximum atomic E-state index is 13.4. The van der Waals surface area contributed by atoms with Crippen LogP contribution in [0.3, 0.4) is 0 Å². The molecule has 0 radical (unpaired) electrons. The molecule has 0 fully saturated rings. The molecule has 0 spiro atoms. The average Bonchev–Trinajstić information content (AvgIpc) is 3.16. The van der Waals surface area contributed by atoms with Crippen LogP contribution in [-0.4, -0.2) is 57.8 Å². The second-order valence-corrected chi connectivity index (χ2v) is 10.5. The first-order chi connectivity index (χ1) is 16.6. The van der Waals surface area contributed by atoms with Crippen LogP contribution in [0.4, 0.5) is 5.82 Å². The molecule has 2 amide bonds. The number of hydrogen-bond donors (Lipinski definition) is 3. The summed E-state index contributed by atoms with van der Waals surface area (Å²) in [6.07, 6.45) is 4.82. The molecule has 2 aromatic heterocycles. The van der Waals surface area contributed by atoms with Gasteiger partial charge in [-0.15, -0.1) is 0 Å². The first kappa shape index (κ1) is 24.6. The number of carboxylic acid groups (broad SMARTS) is 1. The number of aromatic nitrogens is 2. The second-order valence-electron chi connectivity index (χ2n) is 7.78. The summed E-state index contributed by atoms with van der Waals surface area (Å²) < 4.78 is 29.8. The lowest BCUT2D eigenvalue weighted by atomic mass is 10.1. The number of aromatic carboxylic acids is 1. The first-order valence-corrected chi connectivity index (χ1v) is 12.7. The van der Waals surface area contributed by atoms with Crippen molar-refractivity contribution in [3.8, 4) is 0 Å². The first-order valence-electron chi connectivity index (χ1n) is 10.3. The normalized spacial score (nSPS) is 16.3. The molecule has 11 nitrogen and oxygen atoms in total. The third-order valence-electron chi connectivity index (χ3n) is 5.48. The van der Waals surface area contributed by atoms with Crippen LogP contribution < -0.4 is 11.1 Å². The number of sulfonamides is 1. The van der Waals surface area contributed by atoms with Crippen molar-refractivity contribution in [2.45, 2.75) is 18.3 Å². The minimum Gasteiger partial charge on any atom is -0.478 e. The van der Waals surface area contributed by atoms with Gasteiger partial charge in [0.05, 0.1) is 11.1 Å². The van der Waals surface area contributed by atoms with Gasteiger partial charge in [0.15, 0.2) is 0 Å². The van der Waals surface area contributed by atoms with E-state index in [2.05, 4.69) is 26.2 Å². The van der Waals surface area contributed by atoms with E-state index in [1.807, 2.05) is 0 Å². The van der Waals surface area contributed by atoms with Crippen molar-refractivity contribution in [3.63, 3.8) is 0 Å². The maximum absolute atomic E-state index is 13.4. The number of amides is 2. The summed E-state index contributed by atoms with van der Waals surface area (Å²) in [5.74, 6) is -2.88. The number of carbonyl (C=O) groups excluding carboxylic acids is 2. The Morgan fingerprint density at radius 2 is 1.97 bits per heavy atom. The Kier molecular flexibility index (Phi) is 6.74. The molecule has 1 atom stereocenters. The number of fused-ring (bicyclic) bond motifs is 1. The van der Waals surface area contributed by atoms with E-state index >= 15 is 0 Å². The Morgan fingerprint density at radius 1 is 1.20 bits per heavy atom. The summed E-state index contributed by atoms with van der Waals surface area (Å²) in [4.78, 5) is 40.4. The molecule has 4 N–H and O–H groups in total. The molecule has 0 aliphatic carbocycles. The number of pyridine rings is 1. The van der Waals surface area contributed by atoms with Crippen LogP contribution in [0.1, 0.15) is 27.1 Å². The largest absolute Gasteiger partial charge is 0.478 e. The minimum absolute atomic E-state index is 0.00754. The van der Waals surface area contributed by atoms with Crippen LogP contribution in [0.25, 0.3) is 10.9 Å². The van der Waals surface area contributed by atoms with Crippen LogP contribution >= 0.6 is 15.9 Å². The fourth-order valence-electron chi connectivity index (χ4n) is 3.86. The number of nitrogens with two attached hydrogens (primary N) is 1. The predicted octanol–water partition coefficient (Wildman–Crippen LogP) is 2.15. The van der Waals surface area contributed by atoms with Crippen LogP contribution in [0, 0.1) is 0 Å². The number of nitrogens with one attached hydrogen (secondary N) is 1. The minimum atomic E-state index is -4.08. The van der Waals surface area contributed by atoms with Crippen LogP contribution in [0.15, 0.2) is 59.4 Å². The number of nitrogens with zero attached hydrogens (tertiary/aromatic N) is 3. The number of benzene rings is 1. The highest BCUT2D eigenvalue weighted by molar-refractivity contribution is 9.10. The van der Waals surface area contributed by atoms with Crippen molar-refractivity contribution < 1.29 is 27.9 Å². The lowest BCUT2D eigenvalue weighted by Gasteiger charge is -2.31. The summed E-state index contributed by atoms with van der Waals surface area (Å²) in [7, 11) is -4.08. The van der Waals surface area contributed by atoms with Crippen LogP contribution in [-0.2, 0) is 20.7 Å². The van der Waals surface area contributed by atoms with Crippen LogP contribution in [0.2, 0.25) is 0 Å². The van der Waals surface area contributed by atoms with Gasteiger partial charge >= 0.3 is 5.97 Å². The Hall–Kier alpha value is -3.55. The van der Waals surface area contributed by atoms with E-state index in [1.54, 1.807) is 30.4 Å². The van der Waals surface area contributed by atoms with Crippen molar-refractivity contribution in [1.29, 1.82) is 0 Å². The van der Waals surface area contributed by atoms with Gasteiger partial charge < -0.3 is 20.7 Å². The van der Waals surface area contributed by atoms with E-state index in [0.717, 1.165) is 4.31 Å². The fourth-order valence-corrected chi connectivity index (χ4v) is 5.80. The highest BCUT2D eigenvalue weighted by Crippen LogP contribution is 2.26. The molecular weight excluding hydrogens is 542 g/mol. The number of hydrogen-bond acceptors (Lipinski definition) is 6. The monoisotopic (exact) mass is 561 g/mol. The van der Waals surface area contributed by atoms with Gasteiger partial charge in [-0.25, -0.2) is 18.2 Å². The Balaban J connectivity index is 1.65. The summed E-state index contributed by atoms with van der Waals surface area (Å²) in [6.45, 7) is -0.0165. The molecule has 3 aromatic rings.